The first kappa shape index (κ1) is 18.6. The van der Waals surface area contributed by atoms with E-state index in [1.807, 2.05) is 36.4 Å². The van der Waals surface area contributed by atoms with Gasteiger partial charge in [-0.3, -0.25) is 4.79 Å². The molecule has 1 saturated heterocycles. The number of hydrogen-bond acceptors (Lipinski definition) is 2. The lowest BCUT2D eigenvalue weighted by atomic mass is 9.92. The van der Waals surface area contributed by atoms with Crippen molar-refractivity contribution in [2.45, 2.75) is 38.1 Å². The Labute approximate surface area is 155 Å². The average molecular weight is 354 g/mol. The monoisotopic (exact) mass is 354 g/mol. The SMILES string of the molecule is O=C(CCC1CCNCC1)NC(Cc1ccccc1)c1ccccc1F. The second-order valence-corrected chi connectivity index (χ2v) is 7.06. The van der Waals surface area contributed by atoms with E-state index in [9.17, 15) is 9.18 Å². The van der Waals surface area contributed by atoms with Crippen LogP contribution in [0.3, 0.4) is 0 Å². The Morgan fingerprint density at radius 2 is 1.77 bits per heavy atom. The zero-order chi connectivity index (χ0) is 18.2. The minimum atomic E-state index is -0.348. The number of carbonyl (C=O) groups excluding carboxylic acids is 1. The van der Waals surface area contributed by atoms with Gasteiger partial charge in [-0.05, 0) is 56.3 Å². The van der Waals surface area contributed by atoms with Gasteiger partial charge >= 0.3 is 0 Å². The van der Waals surface area contributed by atoms with E-state index in [1.54, 1.807) is 12.1 Å². The van der Waals surface area contributed by atoms with Gasteiger partial charge in [-0.25, -0.2) is 4.39 Å². The van der Waals surface area contributed by atoms with Crippen LogP contribution in [-0.2, 0) is 11.2 Å². The molecule has 0 aromatic heterocycles. The van der Waals surface area contributed by atoms with Gasteiger partial charge in [0.25, 0.3) is 0 Å². The van der Waals surface area contributed by atoms with Crippen LogP contribution < -0.4 is 10.6 Å². The number of amides is 1. The Morgan fingerprint density at radius 1 is 1.08 bits per heavy atom. The van der Waals surface area contributed by atoms with Gasteiger partial charge < -0.3 is 10.6 Å². The molecule has 0 spiro atoms. The predicted molar refractivity (Wildman–Crippen MR) is 102 cm³/mol. The number of nitrogens with one attached hydrogen (secondary N) is 2. The van der Waals surface area contributed by atoms with Gasteiger partial charge in [-0.15, -0.1) is 0 Å². The van der Waals surface area contributed by atoms with E-state index < -0.39 is 0 Å². The second kappa shape index (κ2) is 9.48. The van der Waals surface area contributed by atoms with E-state index in [4.69, 9.17) is 0 Å². The van der Waals surface area contributed by atoms with Crippen LogP contribution in [0, 0.1) is 11.7 Å². The number of benzene rings is 2. The van der Waals surface area contributed by atoms with Crippen molar-refractivity contribution in [3.8, 4) is 0 Å². The lowest BCUT2D eigenvalue weighted by Gasteiger charge is -2.23. The molecule has 1 fully saturated rings. The Hall–Kier alpha value is -2.20. The summed E-state index contributed by atoms with van der Waals surface area (Å²) < 4.78 is 14.3. The summed E-state index contributed by atoms with van der Waals surface area (Å²) >= 11 is 0. The van der Waals surface area contributed by atoms with Gasteiger partial charge in [0, 0.05) is 12.0 Å². The largest absolute Gasteiger partial charge is 0.349 e. The third-order valence-electron chi connectivity index (χ3n) is 5.14. The predicted octanol–water partition coefficient (Wildman–Crippen LogP) is 4.01. The molecule has 0 bridgehead atoms. The highest BCUT2D eigenvalue weighted by Gasteiger charge is 2.20. The van der Waals surface area contributed by atoms with Crippen LogP contribution >= 0.6 is 0 Å². The van der Waals surface area contributed by atoms with Crippen molar-refractivity contribution in [3.05, 3.63) is 71.5 Å². The number of hydrogen-bond donors (Lipinski definition) is 2. The zero-order valence-electron chi connectivity index (χ0n) is 15.1. The molecule has 1 heterocycles. The summed E-state index contributed by atoms with van der Waals surface area (Å²) in [5.74, 6) is 0.350. The van der Waals surface area contributed by atoms with Gasteiger partial charge in [0.05, 0.1) is 6.04 Å². The molecular formula is C22H27FN2O. The highest BCUT2D eigenvalue weighted by atomic mass is 19.1. The topological polar surface area (TPSA) is 41.1 Å². The molecule has 0 saturated carbocycles. The van der Waals surface area contributed by atoms with Crippen LogP contribution in [0.15, 0.2) is 54.6 Å². The maximum absolute atomic E-state index is 14.3. The summed E-state index contributed by atoms with van der Waals surface area (Å²) in [6.45, 7) is 2.08. The van der Waals surface area contributed by atoms with Crippen LogP contribution in [0.5, 0.6) is 0 Å². The molecule has 4 heteroatoms. The fourth-order valence-electron chi connectivity index (χ4n) is 3.62. The number of piperidine rings is 1. The highest BCUT2D eigenvalue weighted by Crippen LogP contribution is 2.23. The molecule has 3 nitrogen and oxygen atoms in total. The van der Waals surface area contributed by atoms with E-state index in [1.165, 1.54) is 6.07 Å². The molecule has 2 aromatic rings. The molecule has 1 atom stereocenters. The fraction of sp³-hybridized carbons (Fsp3) is 0.409. The van der Waals surface area contributed by atoms with Crippen LogP contribution in [0.4, 0.5) is 4.39 Å². The third kappa shape index (κ3) is 5.40. The molecule has 1 unspecified atom stereocenters. The average Bonchev–Trinajstić information content (AvgIpc) is 2.68. The molecule has 2 N–H and O–H groups in total. The molecule has 1 aliphatic rings. The first-order valence-electron chi connectivity index (χ1n) is 9.51. The first-order valence-corrected chi connectivity index (χ1v) is 9.51. The van der Waals surface area contributed by atoms with Gasteiger partial charge in [0.1, 0.15) is 5.82 Å². The van der Waals surface area contributed by atoms with Crippen molar-refractivity contribution in [3.63, 3.8) is 0 Å². The van der Waals surface area contributed by atoms with Gasteiger partial charge in [-0.1, -0.05) is 48.5 Å². The molecule has 2 aromatic carbocycles. The van der Waals surface area contributed by atoms with E-state index in [2.05, 4.69) is 10.6 Å². The van der Waals surface area contributed by atoms with E-state index in [0.717, 1.165) is 37.9 Å². The standard InChI is InChI=1S/C22H27FN2O/c23-20-9-5-4-8-19(20)21(16-18-6-2-1-3-7-18)25-22(26)11-10-17-12-14-24-15-13-17/h1-9,17,21,24H,10-16H2,(H,25,26). The van der Waals surface area contributed by atoms with Crippen molar-refractivity contribution in [2.75, 3.05) is 13.1 Å². The normalized spacial score (nSPS) is 16.2. The number of carbonyl (C=O) groups is 1. The van der Waals surface area contributed by atoms with E-state index in [-0.39, 0.29) is 17.8 Å². The van der Waals surface area contributed by atoms with E-state index in [0.29, 0.717) is 24.3 Å². The minimum absolute atomic E-state index is 0.00715. The summed E-state index contributed by atoms with van der Waals surface area (Å²) in [6, 6.07) is 16.3. The number of rotatable bonds is 7. The van der Waals surface area contributed by atoms with Crippen molar-refractivity contribution < 1.29 is 9.18 Å². The number of halogens is 1. The third-order valence-corrected chi connectivity index (χ3v) is 5.14. The smallest absolute Gasteiger partial charge is 0.220 e. The minimum Gasteiger partial charge on any atom is -0.349 e. The van der Waals surface area contributed by atoms with Crippen LogP contribution in [0.1, 0.15) is 42.9 Å². The van der Waals surface area contributed by atoms with Crippen LogP contribution in [0.25, 0.3) is 0 Å². The molecule has 0 aliphatic carbocycles. The van der Waals surface area contributed by atoms with Gasteiger partial charge in [0.15, 0.2) is 0 Å². The van der Waals surface area contributed by atoms with Crippen molar-refractivity contribution >= 4 is 5.91 Å². The van der Waals surface area contributed by atoms with Crippen molar-refractivity contribution in [2.24, 2.45) is 5.92 Å². The summed E-state index contributed by atoms with van der Waals surface area (Å²) in [5.41, 5.74) is 1.63. The van der Waals surface area contributed by atoms with Gasteiger partial charge in [-0.2, -0.15) is 0 Å². The molecule has 0 radical (unpaired) electrons. The second-order valence-electron chi connectivity index (χ2n) is 7.06. The van der Waals surface area contributed by atoms with Crippen LogP contribution in [0.2, 0.25) is 0 Å². The lowest BCUT2D eigenvalue weighted by Crippen LogP contribution is -2.32. The fourth-order valence-corrected chi connectivity index (χ4v) is 3.62. The van der Waals surface area contributed by atoms with Crippen molar-refractivity contribution in [1.82, 2.24) is 10.6 Å². The molecular weight excluding hydrogens is 327 g/mol. The molecule has 1 aliphatic heterocycles. The van der Waals surface area contributed by atoms with Crippen LogP contribution in [-0.4, -0.2) is 19.0 Å². The summed E-state index contributed by atoms with van der Waals surface area (Å²) in [5, 5.41) is 6.42. The quantitative estimate of drug-likeness (QED) is 0.789. The Morgan fingerprint density at radius 3 is 2.50 bits per heavy atom. The Bertz CT molecular complexity index is 698. The van der Waals surface area contributed by atoms with Crippen molar-refractivity contribution in [1.29, 1.82) is 0 Å². The molecule has 3 rings (SSSR count). The molecule has 26 heavy (non-hydrogen) atoms. The molecule has 1 amide bonds. The Kier molecular flexibility index (Phi) is 6.78. The first-order chi connectivity index (χ1) is 12.7. The van der Waals surface area contributed by atoms with Gasteiger partial charge in [0.2, 0.25) is 5.91 Å². The lowest BCUT2D eigenvalue weighted by molar-refractivity contribution is -0.122. The summed E-state index contributed by atoms with van der Waals surface area (Å²) in [4.78, 5) is 12.5. The molecule has 138 valence electrons. The summed E-state index contributed by atoms with van der Waals surface area (Å²) in [7, 11) is 0. The zero-order valence-corrected chi connectivity index (χ0v) is 15.1. The highest BCUT2D eigenvalue weighted by molar-refractivity contribution is 5.76. The van der Waals surface area contributed by atoms with E-state index >= 15 is 0 Å². The maximum atomic E-state index is 14.3. The Balaban J connectivity index is 1.65. The summed E-state index contributed by atoms with van der Waals surface area (Å²) in [6.07, 6.45) is 4.26. The maximum Gasteiger partial charge on any atom is 0.220 e.